The predicted octanol–water partition coefficient (Wildman–Crippen LogP) is 4.83. The van der Waals surface area contributed by atoms with Crippen LogP contribution in [0, 0.1) is 0 Å². The maximum absolute atomic E-state index is 12.3. The molecule has 0 aliphatic carbocycles. The molecule has 29 heavy (non-hydrogen) atoms. The van der Waals surface area contributed by atoms with E-state index in [1.165, 1.54) is 11.3 Å². The standard InChI is InChI=1S/C22H20ClNO4S/c1-13(2)14-7-9-15(10-8-14)17(25)12-28-19(26)11-24-22(27)21-20(23)16-5-3-4-6-18(16)29-21/h3-10,13H,11-12H2,1-2H3,(H,24,27). The quantitative estimate of drug-likeness (QED) is 0.431. The molecule has 5 nitrogen and oxygen atoms in total. The lowest BCUT2D eigenvalue weighted by atomic mass is 10.0. The minimum absolute atomic E-state index is 0.299. The highest BCUT2D eigenvalue weighted by atomic mass is 35.5. The van der Waals surface area contributed by atoms with E-state index in [2.05, 4.69) is 19.2 Å². The van der Waals surface area contributed by atoms with E-state index >= 15 is 0 Å². The van der Waals surface area contributed by atoms with Crippen molar-refractivity contribution in [3.05, 3.63) is 69.6 Å². The number of carbonyl (C=O) groups excluding carboxylic acids is 3. The largest absolute Gasteiger partial charge is 0.456 e. The number of nitrogens with one attached hydrogen (secondary N) is 1. The van der Waals surface area contributed by atoms with E-state index in [1.54, 1.807) is 12.1 Å². The van der Waals surface area contributed by atoms with Gasteiger partial charge in [0.1, 0.15) is 11.4 Å². The van der Waals surface area contributed by atoms with Gasteiger partial charge < -0.3 is 10.1 Å². The molecule has 0 saturated heterocycles. The molecule has 0 spiro atoms. The first-order chi connectivity index (χ1) is 13.9. The van der Waals surface area contributed by atoms with Crippen molar-refractivity contribution < 1.29 is 19.1 Å². The third kappa shape index (κ3) is 5.02. The van der Waals surface area contributed by atoms with Gasteiger partial charge in [-0.05, 0) is 17.5 Å². The van der Waals surface area contributed by atoms with Crippen molar-refractivity contribution in [3.63, 3.8) is 0 Å². The van der Waals surface area contributed by atoms with Gasteiger partial charge in [0.25, 0.3) is 5.91 Å². The summed E-state index contributed by atoms with van der Waals surface area (Å²) in [5.41, 5.74) is 1.60. The SMILES string of the molecule is CC(C)c1ccc(C(=O)COC(=O)CNC(=O)c2sc3ccccc3c2Cl)cc1. The van der Waals surface area contributed by atoms with E-state index in [4.69, 9.17) is 16.3 Å². The minimum Gasteiger partial charge on any atom is -0.456 e. The molecule has 0 atom stereocenters. The summed E-state index contributed by atoms with van der Waals surface area (Å²) in [6.45, 7) is 3.42. The Balaban J connectivity index is 1.51. The molecule has 1 N–H and O–H groups in total. The summed E-state index contributed by atoms with van der Waals surface area (Å²) in [5.74, 6) is -1.07. The lowest BCUT2D eigenvalue weighted by molar-refractivity contribution is -0.141. The Hall–Kier alpha value is -2.70. The normalized spacial score (nSPS) is 10.9. The van der Waals surface area contributed by atoms with E-state index in [0.717, 1.165) is 15.6 Å². The molecule has 7 heteroatoms. The number of ether oxygens (including phenoxy) is 1. The van der Waals surface area contributed by atoms with Gasteiger partial charge in [0, 0.05) is 15.6 Å². The number of benzene rings is 2. The van der Waals surface area contributed by atoms with Gasteiger partial charge in [-0.2, -0.15) is 0 Å². The predicted molar refractivity (Wildman–Crippen MR) is 115 cm³/mol. The molecule has 0 aliphatic rings. The highest BCUT2D eigenvalue weighted by molar-refractivity contribution is 7.21. The van der Waals surface area contributed by atoms with Crippen LogP contribution < -0.4 is 5.32 Å². The first-order valence-electron chi connectivity index (χ1n) is 9.11. The maximum atomic E-state index is 12.3. The molecule has 0 fully saturated rings. The fraction of sp³-hybridized carbons (Fsp3) is 0.227. The number of esters is 1. The Bertz CT molecular complexity index is 1060. The van der Waals surface area contributed by atoms with Crippen LogP contribution in [0.4, 0.5) is 0 Å². The van der Waals surface area contributed by atoms with Crippen LogP contribution in [0.5, 0.6) is 0 Å². The molecule has 1 heterocycles. The number of halogens is 1. The fourth-order valence-electron chi connectivity index (χ4n) is 2.73. The van der Waals surface area contributed by atoms with Crippen LogP contribution in [-0.4, -0.2) is 30.8 Å². The van der Waals surface area contributed by atoms with Crippen LogP contribution in [-0.2, 0) is 9.53 Å². The summed E-state index contributed by atoms with van der Waals surface area (Å²) in [7, 11) is 0. The number of amides is 1. The summed E-state index contributed by atoms with van der Waals surface area (Å²) in [6.07, 6.45) is 0. The molecule has 150 valence electrons. The van der Waals surface area contributed by atoms with Gasteiger partial charge in [0.2, 0.25) is 0 Å². The number of Topliss-reactive ketones (excluding diaryl/α,β-unsaturated/α-hetero) is 1. The zero-order chi connectivity index (χ0) is 21.0. The summed E-state index contributed by atoms with van der Waals surface area (Å²) in [4.78, 5) is 36.7. The number of fused-ring (bicyclic) bond motifs is 1. The Morgan fingerprint density at radius 1 is 1.07 bits per heavy atom. The molecule has 3 aromatic rings. The summed E-state index contributed by atoms with van der Waals surface area (Å²) in [6, 6.07) is 14.6. The summed E-state index contributed by atoms with van der Waals surface area (Å²) in [5, 5.41) is 3.64. The molecule has 1 amide bonds. The first-order valence-corrected chi connectivity index (χ1v) is 10.3. The van der Waals surface area contributed by atoms with Gasteiger partial charge in [-0.15, -0.1) is 11.3 Å². The lowest BCUT2D eigenvalue weighted by Gasteiger charge is -2.08. The summed E-state index contributed by atoms with van der Waals surface area (Å²) >= 11 is 7.51. The van der Waals surface area contributed by atoms with Crippen molar-refractivity contribution >= 4 is 50.7 Å². The molecular weight excluding hydrogens is 410 g/mol. The molecule has 0 saturated carbocycles. The van der Waals surface area contributed by atoms with Crippen LogP contribution in [0.1, 0.15) is 45.4 Å². The smallest absolute Gasteiger partial charge is 0.325 e. The van der Waals surface area contributed by atoms with Crippen molar-refractivity contribution in [2.24, 2.45) is 0 Å². The topological polar surface area (TPSA) is 72.5 Å². The molecule has 2 aromatic carbocycles. The van der Waals surface area contributed by atoms with Gasteiger partial charge in [0.15, 0.2) is 12.4 Å². The molecule has 0 unspecified atom stereocenters. The van der Waals surface area contributed by atoms with Crippen molar-refractivity contribution in [2.75, 3.05) is 13.2 Å². The molecule has 0 bridgehead atoms. The monoisotopic (exact) mass is 429 g/mol. The third-order valence-electron chi connectivity index (χ3n) is 4.40. The molecular formula is C22H20ClNO4S. The van der Waals surface area contributed by atoms with Crippen LogP contribution in [0.25, 0.3) is 10.1 Å². The average molecular weight is 430 g/mol. The second-order valence-electron chi connectivity index (χ2n) is 6.78. The second kappa shape index (κ2) is 9.20. The fourth-order valence-corrected chi connectivity index (χ4v) is 4.16. The third-order valence-corrected chi connectivity index (χ3v) is 6.07. The zero-order valence-electron chi connectivity index (χ0n) is 16.0. The Morgan fingerprint density at radius 3 is 2.41 bits per heavy atom. The van der Waals surface area contributed by atoms with Gasteiger partial charge in [-0.25, -0.2) is 0 Å². The second-order valence-corrected chi connectivity index (χ2v) is 8.21. The Labute approximate surface area is 177 Å². The Kier molecular flexibility index (Phi) is 6.67. The van der Waals surface area contributed by atoms with Crippen molar-refractivity contribution in [1.82, 2.24) is 5.32 Å². The van der Waals surface area contributed by atoms with Crippen LogP contribution in [0.2, 0.25) is 5.02 Å². The van der Waals surface area contributed by atoms with E-state index in [-0.39, 0.29) is 18.9 Å². The number of rotatable bonds is 7. The zero-order valence-corrected chi connectivity index (χ0v) is 17.6. The maximum Gasteiger partial charge on any atom is 0.325 e. The lowest BCUT2D eigenvalue weighted by Crippen LogP contribution is -2.31. The molecule has 0 radical (unpaired) electrons. The van der Waals surface area contributed by atoms with E-state index in [0.29, 0.717) is 21.4 Å². The van der Waals surface area contributed by atoms with Gasteiger partial charge >= 0.3 is 5.97 Å². The highest BCUT2D eigenvalue weighted by Crippen LogP contribution is 2.34. The first kappa shape index (κ1) is 21.0. The molecule has 3 rings (SSSR count). The van der Waals surface area contributed by atoms with E-state index in [1.807, 2.05) is 36.4 Å². The number of hydrogen-bond acceptors (Lipinski definition) is 5. The van der Waals surface area contributed by atoms with Crippen molar-refractivity contribution in [2.45, 2.75) is 19.8 Å². The van der Waals surface area contributed by atoms with Crippen molar-refractivity contribution in [3.8, 4) is 0 Å². The number of ketones is 1. The van der Waals surface area contributed by atoms with E-state index < -0.39 is 11.9 Å². The number of thiophene rings is 1. The molecule has 1 aromatic heterocycles. The number of hydrogen-bond donors (Lipinski definition) is 1. The molecule has 0 aliphatic heterocycles. The average Bonchev–Trinajstić information content (AvgIpc) is 3.07. The number of carbonyl (C=O) groups is 3. The van der Waals surface area contributed by atoms with Gasteiger partial charge in [-0.1, -0.05) is 67.9 Å². The van der Waals surface area contributed by atoms with Crippen LogP contribution in [0.3, 0.4) is 0 Å². The van der Waals surface area contributed by atoms with Crippen molar-refractivity contribution in [1.29, 1.82) is 0 Å². The Morgan fingerprint density at radius 2 is 1.76 bits per heavy atom. The van der Waals surface area contributed by atoms with Gasteiger partial charge in [-0.3, -0.25) is 14.4 Å². The summed E-state index contributed by atoms with van der Waals surface area (Å²) < 4.78 is 5.87. The highest BCUT2D eigenvalue weighted by Gasteiger charge is 2.18. The van der Waals surface area contributed by atoms with Crippen LogP contribution in [0.15, 0.2) is 48.5 Å². The van der Waals surface area contributed by atoms with Gasteiger partial charge in [0.05, 0.1) is 5.02 Å². The minimum atomic E-state index is -0.692. The van der Waals surface area contributed by atoms with Crippen LogP contribution >= 0.6 is 22.9 Å². The van der Waals surface area contributed by atoms with E-state index in [9.17, 15) is 14.4 Å².